The van der Waals surface area contributed by atoms with E-state index < -0.39 is 5.97 Å². The van der Waals surface area contributed by atoms with Crippen LogP contribution < -0.4 is 5.32 Å². The van der Waals surface area contributed by atoms with E-state index in [1.165, 1.54) is 23.8 Å². The van der Waals surface area contributed by atoms with Gasteiger partial charge >= 0.3 is 5.97 Å². The second-order valence-corrected chi connectivity index (χ2v) is 6.46. The zero-order chi connectivity index (χ0) is 13.7. The van der Waals surface area contributed by atoms with Gasteiger partial charge < -0.3 is 10.4 Å². The zero-order valence-corrected chi connectivity index (χ0v) is 11.8. The second kappa shape index (κ2) is 6.72. The minimum Gasteiger partial charge on any atom is -0.478 e. The molecule has 0 aliphatic carbocycles. The maximum atomic E-state index is 12.0. The van der Waals surface area contributed by atoms with Crippen LogP contribution in [0.25, 0.3) is 6.08 Å². The van der Waals surface area contributed by atoms with Crippen LogP contribution in [0.2, 0.25) is 0 Å². The average Bonchev–Trinajstić information content (AvgIpc) is 2.85. The molecule has 0 saturated carbocycles. The first-order valence-electron chi connectivity index (χ1n) is 5.94. The summed E-state index contributed by atoms with van der Waals surface area (Å²) in [4.78, 5) is 27.1. The molecule has 7 heteroatoms. The van der Waals surface area contributed by atoms with Crippen molar-refractivity contribution in [3.05, 3.63) is 17.2 Å². The molecule has 1 aromatic heterocycles. The summed E-state index contributed by atoms with van der Waals surface area (Å²) in [5.74, 6) is 0.0214. The van der Waals surface area contributed by atoms with E-state index in [0.29, 0.717) is 10.0 Å². The van der Waals surface area contributed by atoms with Crippen LogP contribution in [0.4, 0.5) is 5.13 Å². The number of amides is 1. The number of nitrogens with one attached hydrogen (secondary N) is 1. The van der Waals surface area contributed by atoms with Gasteiger partial charge in [-0.2, -0.15) is 0 Å². The Morgan fingerprint density at radius 2 is 2.32 bits per heavy atom. The van der Waals surface area contributed by atoms with Crippen molar-refractivity contribution < 1.29 is 14.7 Å². The first-order valence-corrected chi connectivity index (χ1v) is 7.81. The van der Waals surface area contributed by atoms with Gasteiger partial charge in [-0.15, -0.1) is 11.8 Å². The van der Waals surface area contributed by atoms with Gasteiger partial charge in [0.25, 0.3) is 0 Å². The number of carboxylic acids is 1. The fraction of sp³-hybridized carbons (Fsp3) is 0.417. The van der Waals surface area contributed by atoms with Crippen molar-refractivity contribution in [3.8, 4) is 0 Å². The van der Waals surface area contributed by atoms with Crippen LogP contribution >= 0.6 is 23.1 Å². The number of thioether (sulfide) groups is 1. The van der Waals surface area contributed by atoms with Crippen LogP contribution in [-0.4, -0.2) is 33.0 Å². The standard InChI is InChI=1S/C12H14N2O3S2/c15-10(16)5-4-8-7-13-12(19-8)14-11(17)9-3-1-2-6-18-9/h4-5,7,9H,1-3,6H2,(H,15,16)(H,13,14,17)/b5-4+. The Bertz CT molecular complexity index is 493. The molecule has 0 aromatic carbocycles. The van der Waals surface area contributed by atoms with Crippen LogP contribution in [0.5, 0.6) is 0 Å². The fourth-order valence-electron chi connectivity index (χ4n) is 1.71. The Hall–Kier alpha value is -1.34. The topological polar surface area (TPSA) is 79.3 Å². The fourth-order valence-corrected chi connectivity index (χ4v) is 3.63. The average molecular weight is 298 g/mol. The highest BCUT2D eigenvalue weighted by Gasteiger charge is 2.22. The Balaban J connectivity index is 1.92. The number of hydrogen-bond acceptors (Lipinski definition) is 5. The van der Waals surface area contributed by atoms with Crippen LogP contribution in [0.15, 0.2) is 12.3 Å². The summed E-state index contributed by atoms with van der Waals surface area (Å²) in [5.41, 5.74) is 0. The Morgan fingerprint density at radius 1 is 1.47 bits per heavy atom. The quantitative estimate of drug-likeness (QED) is 0.835. The lowest BCUT2D eigenvalue weighted by atomic mass is 10.2. The third-order valence-corrected chi connectivity index (χ3v) is 4.87. The number of rotatable bonds is 4. The number of hydrogen-bond donors (Lipinski definition) is 2. The zero-order valence-electron chi connectivity index (χ0n) is 10.2. The number of carbonyl (C=O) groups is 2. The second-order valence-electron chi connectivity index (χ2n) is 4.08. The monoisotopic (exact) mass is 298 g/mol. The first kappa shape index (κ1) is 14.1. The molecule has 102 valence electrons. The van der Waals surface area contributed by atoms with E-state index in [0.717, 1.165) is 24.7 Å². The van der Waals surface area contributed by atoms with E-state index in [-0.39, 0.29) is 11.2 Å². The third-order valence-electron chi connectivity index (χ3n) is 2.62. The van der Waals surface area contributed by atoms with Crippen molar-refractivity contribution in [2.24, 2.45) is 0 Å². The molecular formula is C12H14N2O3S2. The Kier molecular flexibility index (Phi) is 4.98. The molecular weight excluding hydrogens is 284 g/mol. The molecule has 5 nitrogen and oxygen atoms in total. The van der Waals surface area contributed by atoms with Gasteiger partial charge in [0.05, 0.1) is 5.25 Å². The van der Waals surface area contributed by atoms with E-state index in [4.69, 9.17) is 5.11 Å². The van der Waals surface area contributed by atoms with Crippen molar-refractivity contribution in [2.75, 3.05) is 11.1 Å². The van der Waals surface area contributed by atoms with Crippen molar-refractivity contribution >= 4 is 46.2 Å². The van der Waals surface area contributed by atoms with E-state index in [1.807, 2.05) is 0 Å². The molecule has 2 N–H and O–H groups in total. The number of carboxylic acid groups (broad SMARTS) is 1. The van der Waals surface area contributed by atoms with Crippen LogP contribution in [0.3, 0.4) is 0 Å². The molecule has 1 atom stereocenters. The predicted molar refractivity (Wildman–Crippen MR) is 77.5 cm³/mol. The maximum Gasteiger partial charge on any atom is 0.328 e. The summed E-state index contributed by atoms with van der Waals surface area (Å²) < 4.78 is 0. The van der Waals surface area contributed by atoms with Gasteiger partial charge in [0.15, 0.2) is 5.13 Å². The van der Waals surface area contributed by atoms with Crippen molar-refractivity contribution in [2.45, 2.75) is 24.5 Å². The molecule has 1 aromatic rings. The smallest absolute Gasteiger partial charge is 0.328 e. The molecule has 1 unspecified atom stereocenters. The van der Waals surface area contributed by atoms with Gasteiger partial charge in [-0.3, -0.25) is 4.79 Å². The van der Waals surface area contributed by atoms with Crippen LogP contribution in [0.1, 0.15) is 24.1 Å². The summed E-state index contributed by atoms with van der Waals surface area (Å²) in [6, 6.07) is 0. The normalized spacial score (nSPS) is 19.5. The van der Waals surface area contributed by atoms with Gasteiger partial charge in [0.1, 0.15) is 0 Å². The summed E-state index contributed by atoms with van der Waals surface area (Å²) >= 11 is 2.95. The summed E-state index contributed by atoms with van der Waals surface area (Å²) in [7, 11) is 0. The van der Waals surface area contributed by atoms with Gasteiger partial charge in [-0.05, 0) is 24.7 Å². The molecule has 19 heavy (non-hydrogen) atoms. The van der Waals surface area contributed by atoms with Gasteiger partial charge in [-0.25, -0.2) is 9.78 Å². The SMILES string of the molecule is O=C(O)/C=C/c1cnc(NC(=O)C2CCCCS2)s1. The summed E-state index contributed by atoms with van der Waals surface area (Å²) in [5, 5.41) is 11.8. The van der Waals surface area contributed by atoms with E-state index in [1.54, 1.807) is 18.0 Å². The lowest BCUT2D eigenvalue weighted by Crippen LogP contribution is -2.27. The summed E-state index contributed by atoms with van der Waals surface area (Å²) in [6.07, 6.45) is 7.24. The number of thiazole rings is 1. The highest BCUT2D eigenvalue weighted by molar-refractivity contribution is 8.00. The van der Waals surface area contributed by atoms with Crippen molar-refractivity contribution in [1.82, 2.24) is 4.98 Å². The lowest BCUT2D eigenvalue weighted by Gasteiger charge is -2.19. The highest BCUT2D eigenvalue weighted by Crippen LogP contribution is 2.27. The Labute approximate surface area is 119 Å². The van der Waals surface area contributed by atoms with Gasteiger partial charge in [0, 0.05) is 17.2 Å². The number of aromatic nitrogens is 1. The molecule has 0 radical (unpaired) electrons. The molecule has 1 saturated heterocycles. The minimum atomic E-state index is -1.00. The Morgan fingerprint density at radius 3 is 3.00 bits per heavy atom. The molecule has 1 aliphatic heterocycles. The van der Waals surface area contributed by atoms with Crippen molar-refractivity contribution in [3.63, 3.8) is 0 Å². The largest absolute Gasteiger partial charge is 0.478 e. The lowest BCUT2D eigenvalue weighted by molar-refractivity contribution is -0.131. The number of anilines is 1. The van der Waals surface area contributed by atoms with Gasteiger partial charge in [-0.1, -0.05) is 17.8 Å². The first-order chi connectivity index (χ1) is 9.15. The number of nitrogens with zero attached hydrogens (tertiary/aromatic N) is 1. The molecule has 2 heterocycles. The van der Waals surface area contributed by atoms with Crippen LogP contribution in [0, 0.1) is 0 Å². The molecule has 0 bridgehead atoms. The molecule has 2 rings (SSSR count). The minimum absolute atomic E-state index is 0.00665. The maximum absolute atomic E-state index is 12.0. The van der Waals surface area contributed by atoms with Gasteiger partial charge in [0.2, 0.25) is 5.91 Å². The molecule has 0 spiro atoms. The van der Waals surface area contributed by atoms with E-state index >= 15 is 0 Å². The van der Waals surface area contributed by atoms with E-state index in [9.17, 15) is 9.59 Å². The molecule has 1 aliphatic rings. The van der Waals surface area contributed by atoms with Crippen molar-refractivity contribution in [1.29, 1.82) is 0 Å². The molecule has 1 amide bonds. The summed E-state index contributed by atoms with van der Waals surface area (Å²) in [6.45, 7) is 0. The molecule has 1 fully saturated rings. The van der Waals surface area contributed by atoms with E-state index in [2.05, 4.69) is 10.3 Å². The van der Waals surface area contributed by atoms with Crippen LogP contribution in [-0.2, 0) is 9.59 Å². The number of carbonyl (C=O) groups excluding carboxylic acids is 1. The number of aliphatic carboxylic acids is 1. The predicted octanol–water partition coefficient (Wildman–Crippen LogP) is 2.47. The highest BCUT2D eigenvalue weighted by atomic mass is 32.2. The third kappa shape index (κ3) is 4.36.